The van der Waals surface area contributed by atoms with Crippen LogP contribution < -0.4 is 4.74 Å². The lowest BCUT2D eigenvalue weighted by atomic mass is 10.4. The second-order valence-corrected chi connectivity index (χ2v) is 2.43. The third-order valence-corrected chi connectivity index (χ3v) is 1.40. The molecule has 1 N–H and O–H groups in total. The largest absolute Gasteiger partial charge is 0.476 e. The van der Waals surface area contributed by atoms with E-state index in [-0.39, 0.29) is 6.61 Å². The van der Waals surface area contributed by atoms with Gasteiger partial charge in [-0.25, -0.2) is 4.98 Å². The van der Waals surface area contributed by atoms with E-state index in [1.807, 2.05) is 0 Å². The zero-order valence-electron chi connectivity index (χ0n) is 7.31. The van der Waals surface area contributed by atoms with Crippen molar-refractivity contribution in [3.63, 3.8) is 0 Å². The third kappa shape index (κ3) is 3.21. The highest BCUT2D eigenvalue weighted by Crippen LogP contribution is 2.05. The van der Waals surface area contributed by atoms with Gasteiger partial charge in [0.15, 0.2) is 0 Å². The van der Waals surface area contributed by atoms with Crippen molar-refractivity contribution < 1.29 is 9.84 Å². The SMILES string of the molecule is C=CCCOc1cncc(CO)n1. The molecule has 0 radical (unpaired) electrons. The smallest absolute Gasteiger partial charge is 0.232 e. The lowest BCUT2D eigenvalue weighted by Crippen LogP contribution is -2.00. The van der Waals surface area contributed by atoms with E-state index in [4.69, 9.17) is 9.84 Å². The minimum absolute atomic E-state index is 0.119. The van der Waals surface area contributed by atoms with E-state index >= 15 is 0 Å². The zero-order chi connectivity index (χ0) is 9.52. The Morgan fingerprint density at radius 3 is 3.08 bits per heavy atom. The van der Waals surface area contributed by atoms with E-state index in [9.17, 15) is 0 Å². The molecular formula is C9H12N2O2. The molecule has 0 saturated carbocycles. The van der Waals surface area contributed by atoms with Gasteiger partial charge in [-0.15, -0.1) is 6.58 Å². The van der Waals surface area contributed by atoms with Crippen molar-refractivity contribution in [3.8, 4) is 5.88 Å². The Balaban J connectivity index is 2.50. The van der Waals surface area contributed by atoms with Gasteiger partial charge in [-0.1, -0.05) is 6.08 Å². The normalized spacial score (nSPS) is 9.62. The molecule has 4 heteroatoms. The lowest BCUT2D eigenvalue weighted by molar-refractivity contribution is 0.268. The van der Waals surface area contributed by atoms with Crippen molar-refractivity contribution >= 4 is 0 Å². The number of rotatable bonds is 5. The van der Waals surface area contributed by atoms with Gasteiger partial charge in [-0.3, -0.25) is 4.98 Å². The first-order chi connectivity index (χ1) is 6.36. The van der Waals surface area contributed by atoms with Crippen molar-refractivity contribution in [1.29, 1.82) is 0 Å². The maximum absolute atomic E-state index is 8.76. The van der Waals surface area contributed by atoms with Crippen molar-refractivity contribution in [2.24, 2.45) is 0 Å². The molecule has 1 rings (SSSR count). The van der Waals surface area contributed by atoms with Crippen LogP contribution in [0.3, 0.4) is 0 Å². The summed E-state index contributed by atoms with van der Waals surface area (Å²) >= 11 is 0. The molecule has 0 bridgehead atoms. The molecule has 0 aliphatic heterocycles. The lowest BCUT2D eigenvalue weighted by Gasteiger charge is -2.03. The summed E-state index contributed by atoms with van der Waals surface area (Å²) in [4.78, 5) is 7.85. The molecule has 0 fully saturated rings. The van der Waals surface area contributed by atoms with Gasteiger partial charge in [0.1, 0.15) is 0 Å². The van der Waals surface area contributed by atoms with Crippen LogP contribution in [0.4, 0.5) is 0 Å². The average Bonchev–Trinajstić information content (AvgIpc) is 2.19. The first kappa shape index (κ1) is 9.67. The van der Waals surface area contributed by atoms with E-state index in [2.05, 4.69) is 16.5 Å². The number of hydrogen-bond acceptors (Lipinski definition) is 4. The number of aliphatic hydroxyl groups is 1. The highest BCUT2D eigenvalue weighted by atomic mass is 16.5. The van der Waals surface area contributed by atoms with Gasteiger partial charge in [-0.2, -0.15) is 0 Å². The summed E-state index contributed by atoms with van der Waals surface area (Å²) < 4.78 is 5.23. The van der Waals surface area contributed by atoms with Crippen LogP contribution in [0.1, 0.15) is 12.1 Å². The monoisotopic (exact) mass is 180 g/mol. The molecule has 0 saturated heterocycles. The molecule has 1 heterocycles. The zero-order valence-corrected chi connectivity index (χ0v) is 7.31. The Hall–Kier alpha value is -1.42. The summed E-state index contributed by atoms with van der Waals surface area (Å²) in [6.45, 7) is 3.98. The highest BCUT2D eigenvalue weighted by molar-refractivity contribution is 5.07. The van der Waals surface area contributed by atoms with Crippen LogP contribution in [-0.4, -0.2) is 21.7 Å². The molecular weight excluding hydrogens is 168 g/mol. The topological polar surface area (TPSA) is 55.2 Å². The number of nitrogens with zero attached hydrogens (tertiary/aromatic N) is 2. The molecule has 0 aromatic carbocycles. The first-order valence-electron chi connectivity index (χ1n) is 4.02. The van der Waals surface area contributed by atoms with Crippen LogP contribution in [0.5, 0.6) is 5.88 Å². The summed E-state index contributed by atoms with van der Waals surface area (Å²) in [5.74, 6) is 0.438. The standard InChI is InChI=1S/C9H12N2O2/c1-2-3-4-13-9-6-10-5-8(7-12)11-9/h2,5-6,12H,1,3-4,7H2. The predicted molar refractivity (Wildman–Crippen MR) is 48.3 cm³/mol. The minimum atomic E-state index is -0.119. The summed E-state index contributed by atoms with van der Waals surface area (Å²) in [6.07, 6.45) is 5.55. The maximum Gasteiger partial charge on any atom is 0.232 e. The van der Waals surface area contributed by atoms with E-state index < -0.39 is 0 Å². The molecule has 1 aromatic heterocycles. The van der Waals surface area contributed by atoms with Gasteiger partial charge in [0.25, 0.3) is 0 Å². The summed E-state index contributed by atoms with van der Waals surface area (Å²) in [6, 6.07) is 0. The fourth-order valence-corrected chi connectivity index (χ4v) is 0.779. The molecule has 0 spiro atoms. The van der Waals surface area contributed by atoms with Crippen molar-refractivity contribution in [3.05, 3.63) is 30.7 Å². The summed E-state index contributed by atoms with van der Waals surface area (Å²) in [7, 11) is 0. The van der Waals surface area contributed by atoms with E-state index in [0.29, 0.717) is 18.2 Å². The van der Waals surface area contributed by atoms with Gasteiger partial charge in [0, 0.05) is 0 Å². The predicted octanol–water partition coefficient (Wildman–Crippen LogP) is 0.924. The van der Waals surface area contributed by atoms with E-state index in [0.717, 1.165) is 6.42 Å². The summed E-state index contributed by atoms with van der Waals surface area (Å²) in [5, 5.41) is 8.76. The molecule has 0 atom stereocenters. The van der Waals surface area contributed by atoms with Gasteiger partial charge >= 0.3 is 0 Å². The van der Waals surface area contributed by atoms with Crippen molar-refractivity contribution in [2.75, 3.05) is 6.61 Å². The number of hydrogen-bond donors (Lipinski definition) is 1. The average molecular weight is 180 g/mol. The van der Waals surface area contributed by atoms with Crippen LogP contribution in [0.2, 0.25) is 0 Å². The molecule has 0 amide bonds. The van der Waals surface area contributed by atoms with Crippen LogP contribution in [0.15, 0.2) is 25.0 Å². The van der Waals surface area contributed by atoms with Crippen molar-refractivity contribution in [2.45, 2.75) is 13.0 Å². The Labute approximate surface area is 76.9 Å². The van der Waals surface area contributed by atoms with Crippen LogP contribution in [0, 0.1) is 0 Å². The second-order valence-electron chi connectivity index (χ2n) is 2.43. The molecule has 70 valence electrons. The molecule has 0 aliphatic rings. The Bertz CT molecular complexity index is 276. The number of ether oxygens (including phenoxy) is 1. The quantitative estimate of drug-likeness (QED) is 0.541. The fraction of sp³-hybridized carbons (Fsp3) is 0.333. The molecule has 4 nitrogen and oxygen atoms in total. The van der Waals surface area contributed by atoms with Crippen molar-refractivity contribution in [1.82, 2.24) is 9.97 Å². The van der Waals surface area contributed by atoms with Crippen LogP contribution >= 0.6 is 0 Å². The second kappa shape index (κ2) is 5.27. The molecule has 0 unspecified atom stereocenters. The van der Waals surface area contributed by atoms with Gasteiger partial charge in [0.2, 0.25) is 5.88 Å². The van der Waals surface area contributed by atoms with Gasteiger partial charge in [-0.05, 0) is 6.42 Å². The Morgan fingerprint density at radius 2 is 2.38 bits per heavy atom. The minimum Gasteiger partial charge on any atom is -0.476 e. The van der Waals surface area contributed by atoms with E-state index in [1.54, 1.807) is 6.08 Å². The molecule has 1 aromatic rings. The highest BCUT2D eigenvalue weighted by Gasteiger charge is 1.97. The van der Waals surface area contributed by atoms with Crippen LogP contribution in [0.25, 0.3) is 0 Å². The van der Waals surface area contributed by atoms with E-state index in [1.165, 1.54) is 12.4 Å². The maximum atomic E-state index is 8.76. The first-order valence-corrected chi connectivity index (χ1v) is 4.02. The van der Waals surface area contributed by atoms with Gasteiger partial charge < -0.3 is 9.84 Å². The summed E-state index contributed by atoms with van der Waals surface area (Å²) in [5.41, 5.74) is 0.510. The third-order valence-electron chi connectivity index (χ3n) is 1.40. The van der Waals surface area contributed by atoms with Crippen LogP contribution in [-0.2, 0) is 6.61 Å². The molecule has 13 heavy (non-hydrogen) atoms. The van der Waals surface area contributed by atoms with Gasteiger partial charge in [0.05, 0.1) is 31.3 Å². The number of aliphatic hydroxyl groups excluding tert-OH is 1. The number of aromatic nitrogens is 2. The molecule has 0 aliphatic carbocycles. The fourth-order valence-electron chi connectivity index (χ4n) is 0.779. The Morgan fingerprint density at radius 1 is 1.54 bits per heavy atom. The Kier molecular flexibility index (Phi) is 3.92.